The number of carbonyl (C=O) groups excluding carboxylic acids is 1. The van der Waals surface area contributed by atoms with Crippen molar-refractivity contribution in [2.75, 3.05) is 37.9 Å². The molecule has 0 unspecified atom stereocenters. The van der Waals surface area contributed by atoms with Crippen LogP contribution in [-0.2, 0) is 21.2 Å². The first-order valence-corrected chi connectivity index (χ1v) is 11.1. The summed E-state index contributed by atoms with van der Waals surface area (Å²) in [4.78, 5) is 12.3. The molecule has 0 fully saturated rings. The normalized spacial score (nSPS) is 11.0. The molecular weight excluding hydrogens is 448 g/mol. The second-order valence-corrected chi connectivity index (χ2v) is 8.77. The molecule has 2 aromatic carbocycles. The lowest BCUT2D eigenvalue weighted by Crippen LogP contribution is -2.41. The molecule has 0 spiro atoms. The summed E-state index contributed by atoms with van der Waals surface area (Å²) in [7, 11) is -0.491. The highest BCUT2D eigenvalue weighted by Gasteiger charge is 2.22. The first-order valence-electron chi connectivity index (χ1n) is 8.46. The number of sulfonamides is 1. The number of carbonyl (C=O) groups is 1. The van der Waals surface area contributed by atoms with Crippen LogP contribution in [0.3, 0.4) is 0 Å². The third-order valence-electron chi connectivity index (χ3n) is 3.99. The number of ether oxygens (including phenoxy) is 2. The van der Waals surface area contributed by atoms with Gasteiger partial charge in [-0.15, -0.1) is 0 Å². The van der Waals surface area contributed by atoms with Crippen LogP contribution >= 0.6 is 15.9 Å². The van der Waals surface area contributed by atoms with Crippen molar-refractivity contribution in [3.05, 3.63) is 52.5 Å². The van der Waals surface area contributed by atoms with Gasteiger partial charge in [-0.2, -0.15) is 0 Å². The predicted molar refractivity (Wildman–Crippen MR) is 113 cm³/mol. The van der Waals surface area contributed by atoms with Gasteiger partial charge in [-0.3, -0.25) is 9.10 Å². The minimum Gasteiger partial charge on any atom is -0.493 e. The number of anilines is 1. The summed E-state index contributed by atoms with van der Waals surface area (Å²) in [5.74, 6) is 0.859. The van der Waals surface area contributed by atoms with Crippen molar-refractivity contribution in [3.63, 3.8) is 0 Å². The fourth-order valence-corrected chi connectivity index (χ4v) is 4.09. The topological polar surface area (TPSA) is 84.9 Å². The van der Waals surface area contributed by atoms with Crippen LogP contribution in [0.25, 0.3) is 0 Å². The van der Waals surface area contributed by atoms with Gasteiger partial charge in [0, 0.05) is 11.0 Å². The van der Waals surface area contributed by atoms with Crippen molar-refractivity contribution in [1.29, 1.82) is 0 Å². The number of nitrogens with one attached hydrogen (secondary N) is 1. The maximum Gasteiger partial charge on any atom is 0.240 e. The van der Waals surface area contributed by atoms with E-state index in [-0.39, 0.29) is 12.5 Å². The highest BCUT2D eigenvalue weighted by Crippen LogP contribution is 2.28. The number of para-hydroxylation sites is 1. The standard InChI is InChI=1S/C19H23BrN2O5S/c1-26-17-9-8-14(12-18(17)27-2)10-11-21-19(23)13-22(28(3,24)25)16-7-5-4-6-15(16)20/h4-9,12H,10-11,13H2,1-3H3,(H,21,23). The summed E-state index contributed by atoms with van der Waals surface area (Å²) in [5.41, 5.74) is 1.38. The van der Waals surface area contributed by atoms with E-state index in [9.17, 15) is 13.2 Å². The number of benzene rings is 2. The molecule has 0 radical (unpaired) electrons. The highest BCUT2D eigenvalue weighted by atomic mass is 79.9. The number of hydrogen-bond donors (Lipinski definition) is 1. The minimum absolute atomic E-state index is 0.298. The molecule has 0 atom stereocenters. The quantitative estimate of drug-likeness (QED) is 0.608. The Labute approximate surface area is 173 Å². The summed E-state index contributed by atoms with van der Waals surface area (Å²) in [6.45, 7) is 0.0647. The molecule has 0 aliphatic rings. The highest BCUT2D eigenvalue weighted by molar-refractivity contribution is 9.10. The second-order valence-electron chi connectivity index (χ2n) is 6.01. The monoisotopic (exact) mass is 470 g/mol. The van der Waals surface area contributed by atoms with Crippen molar-refractivity contribution in [2.45, 2.75) is 6.42 Å². The molecule has 0 aliphatic heterocycles. The Morgan fingerprint density at radius 1 is 1.11 bits per heavy atom. The van der Waals surface area contributed by atoms with Crippen LogP contribution in [0.15, 0.2) is 46.9 Å². The molecule has 152 valence electrons. The Morgan fingerprint density at radius 2 is 1.79 bits per heavy atom. The van der Waals surface area contributed by atoms with E-state index in [2.05, 4.69) is 21.2 Å². The van der Waals surface area contributed by atoms with E-state index in [4.69, 9.17) is 9.47 Å². The molecule has 2 rings (SSSR count). The molecule has 0 aliphatic carbocycles. The van der Waals surface area contributed by atoms with E-state index >= 15 is 0 Å². The largest absolute Gasteiger partial charge is 0.493 e. The van der Waals surface area contributed by atoms with Crippen LogP contribution in [0.1, 0.15) is 5.56 Å². The Bertz CT molecular complexity index is 934. The van der Waals surface area contributed by atoms with Gasteiger partial charge in [0.25, 0.3) is 0 Å². The Morgan fingerprint density at radius 3 is 2.39 bits per heavy atom. The number of hydrogen-bond acceptors (Lipinski definition) is 5. The summed E-state index contributed by atoms with van der Waals surface area (Å²) >= 11 is 3.33. The number of rotatable bonds is 9. The number of methoxy groups -OCH3 is 2. The molecule has 0 saturated heterocycles. The lowest BCUT2D eigenvalue weighted by molar-refractivity contribution is -0.119. The predicted octanol–water partition coefficient (Wildman–Crippen LogP) is 2.59. The number of amides is 1. The van der Waals surface area contributed by atoms with Crippen LogP contribution < -0.4 is 19.1 Å². The van der Waals surface area contributed by atoms with Crippen LogP contribution in [-0.4, -0.2) is 47.9 Å². The zero-order valence-corrected chi connectivity index (χ0v) is 18.3. The number of nitrogens with zero attached hydrogens (tertiary/aromatic N) is 1. The Kier molecular flexibility index (Phi) is 7.70. The summed E-state index contributed by atoms with van der Waals surface area (Å²) in [5, 5.41) is 2.76. The maximum atomic E-state index is 12.3. The molecule has 0 bridgehead atoms. The summed E-state index contributed by atoms with van der Waals surface area (Å²) in [6, 6.07) is 12.4. The maximum absolute atomic E-state index is 12.3. The van der Waals surface area contributed by atoms with Crippen molar-refractivity contribution in [2.24, 2.45) is 0 Å². The van der Waals surface area contributed by atoms with Crippen molar-refractivity contribution < 1.29 is 22.7 Å². The third-order valence-corrected chi connectivity index (χ3v) is 5.79. The Hall–Kier alpha value is -2.26. The van der Waals surface area contributed by atoms with Gasteiger partial charge in [-0.1, -0.05) is 18.2 Å². The zero-order chi connectivity index (χ0) is 20.7. The fourth-order valence-electron chi connectivity index (χ4n) is 2.60. The van der Waals surface area contributed by atoms with Gasteiger partial charge in [0.1, 0.15) is 6.54 Å². The molecule has 0 aromatic heterocycles. The molecule has 1 N–H and O–H groups in total. The van der Waals surface area contributed by atoms with E-state index in [0.717, 1.165) is 16.1 Å². The number of halogens is 1. The van der Waals surface area contributed by atoms with Gasteiger partial charge < -0.3 is 14.8 Å². The smallest absolute Gasteiger partial charge is 0.240 e. The molecular formula is C19H23BrN2O5S. The average Bonchev–Trinajstić information content (AvgIpc) is 2.65. The Balaban J connectivity index is 2.00. The van der Waals surface area contributed by atoms with Crippen molar-refractivity contribution in [3.8, 4) is 11.5 Å². The first-order chi connectivity index (χ1) is 13.3. The third kappa shape index (κ3) is 5.87. The van der Waals surface area contributed by atoms with Gasteiger partial charge in [0.05, 0.1) is 26.2 Å². The second kappa shape index (κ2) is 9.79. The molecule has 7 nitrogen and oxygen atoms in total. The minimum atomic E-state index is -3.62. The van der Waals surface area contributed by atoms with Crippen molar-refractivity contribution in [1.82, 2.24) is 5.32 Å². The zero-order valence-electron chi connectivity index (χ0n) is 15.9. The van der Waals surface area contributed by atoms with E-state index < -0.39 is 10.0 Å². The van der Waals surface area contributed by atoms with E-state index in [1.807, 2.05) is 12.1 Å². The molecule has 0 heterocycles. The van der Waals surface area contributed by atoms with Gasteiger partial charge >= 0.3 is 0 Å². The molecule has 28 heavy (non-hydrogen) atoms. The SMILES string of the molecule is COc1ccc(CCNC(=O)CN(c2ccccc2Br)S(C)(=O)=O)cc1OC. The van der Waals surface area contributed by atoms with Crippen LogP contribution in [0.4, 0.5) is 5.69 Å². The fraction of sp³-hybridized carbons (Fsp3) is 0.316. The molecule has 9 heteroatoms. The van der Waals surface area contributed by atoms with Crippen LogP contribution in [0.2, 0.25) is 0 Å². The average molecular weight is 471 g/mol. The van der Waals surface area contributed by atoms with Gasteiger partial charge in [0.2, 0.25) is 15.9 Å². The molecule has 1 amide bonds. The van der Waals surface area contributed by atoms with Gasteiger partial charge in [-0.05, 0) is 52.2 Å². The van der Waals surface area contributed by atoms with Crippen LogP contribution in [0, 0.1) is 0 Å². The molecule has 2 aromatic rings. The summed E-state index contributed by atoms with van der Waals surface area (Å²) in [6.07, 6.45) is 1.64. The van der Waals surface area contributed by atoms with E-state index in [1.165, 1.54) is 0 Å². The first kappa shape index (κ1) is 22.0. The van der Waals surface area contributed by atoms with E-state index in [0.29, 0.717) is 34.6 Å². The lowest BCUT2D eigenvalue weighted by atomic mass is 10.1. The summed E-state index contributed by atoms with van der Waals surface area (Å²) < 4.78 is 36.4. The van der Waals surface area contributed by atoms with Crippen molar-refractivity contribution >= 4 is 37.5 Å². The van der Waals surface area contributed by atoms with Gasteiger partial charge in [0.15, 0.2) is 11.5 Å². The van der Waals surface area contributed by atoms with E-state index in [1.54, 1.807) is 44.6 Å². The molecule has 0 saturated carbocycles. The lowest BCUT2D eigenvalue weighted by Gasteiger charge is -2.23. The van der Waals surface area contributed by atoms with Gasteiger partial charge in [-0.25, -0.2) is 8.42 Å². The van der Waals surface area contributed by atoms with Crippen LogP contribution in [0.5, 0.6) is 11.5 Å².